The molecular weight excluding hydrogens is 464 g/mol. The molecule has 4 rings (SSSR count). The number of aryl methyl sites for hydroxylation is 2. The van der Waals surface area contributed by atoms with Crippen LogP contribution in [-0.4, -0.2) is 34.6 Å². The van der Waals surface area contributed by atoms with E-state index in [2.05, 4.69) is 43.4 Å². The highest BCUT2D eigenvalue weighted by Gasteiger charge is 2.32. The molecule has 0 radical (unpaired) electrons. The molecule has 1 aliphatic carbocycles. The monoisotopic (exact) mass is 500 g/mol. The van der Waals surface area contributed by atoms with Crippen LogP contribution in [0.25, 0.3) is 0 Å². The number of amides is 2. The number of rotatable bonds is 10. The average Bonchev–Trinajstić information content (AvgIpc) is 3.40. The molecular formula is C31H36N2O2S. The molecule has 0 spiro atoms. The van der Waals surface area contributed by atoms with Crippen LogP contribution in [0.15, 0.2) is 83.8 Å². The van der Waals surface area contributed by atoms with E-state index < -0.39 is 6.04 Å². The molecule has 0 saturated heterocycles. The summed E-state index contributed by atoms with van der Waals surface area (Å²) in [6, 6.07) is 26.0. The highest BCUT2D eigenvalue weighted by Crippen LogP contribution is 2.23. The van der Waals surface area contributed by atoms with E-state index in [0.717, 1.165) is 47.3 Å². The lowest BCUT2D eigenvalue weighted by atomic mass is 10.0. The minimum absolute atomic E-state index is 0.0219. The molecule has 1 atom stereocenters. The number of carbonyl (C=O) groups is 2. The first kappa shape index (κ1) is 26.0. The third-order valence-electron chi connectivity index (χ3n) is 6.96. The van der Waals surface area contributed by atoms with E-state index in [1.54, 1.807) is 4.90 Å². The standard InChI is InChI=1S/C31H36N2O2S/c1-23-16-18-28(19-17-23)36-22-30(34)33(21-26-13-7-6-10-24(26)2)29(20-25-11-4-3-5-12-25)31(35)32-27-14-8-9-15-27/h3-7,10-13,16-19,27,29H,8-9,14-15,20-22H2,1-2H3,(H,32,35). The Morgan fingerprint density at radius 3 is 2.28 bits per heavy atom. The maximum atomic E-state index is 13.8. The van der Waals surface area contributed by atoms with E-state index in [1.807, 2.05) is 54.6 Å². The molecule has 2 amide bonds. The molecule has 0 heterocycles. The second kappa shape index (κ2) is 12.8. The lowest BCUT2D eigenvalue weighted by molar-refractivity contribution is -0.139. The van der Waals surface area contributed by atoms with E-state index >= 15 is 0 Å². The van der Waals surface area contributed by atoms with Crippen molar-refractivity contribution in [1.82, 2.24) is 10.2 Å². The second-order valence-electron chi connectivity index (χ2n) is 9.75. The minimum Gasteiger partial charge on any atom is -0.352 e. The van der Waals surface area contributed by atoms with Crippen molar-refractivity contribution in [3.8, 4) is 0 Å². The van der Waals surface area contributed by atoms with E-state index in [9.17, 15) is 9.59 Å². The van der Waals surface area contributed by atoms with Gasteiger partial charge in [0.1, 0.15) is 6.04 Å². The molecule has 1 aliphatic rings. The van der Waals surface area contributed by atoms with Crippen molar-refractivity contribution < 1.29 is 9.59 Å². The van der Waals surface area contributed by atoms with Gasteiger partial charge in [-0.25, -0.2) is 0 Å². The Morgan fingerprint density at radius 1 is 0.917 bits per heavy atom. The fourth-order valence-corrected chi connectivity index (χ4v) is 5.54. The van der Waals surface area contributed by atoms with E-state index in [4.69, 9.17) is 0 Å². The van der Waals surface area contributed by atoms with E-state index in [-0.39, 0.29) is 23.6 Å². The number of nitrogens with one attached hydrogen (secondary N) is 1. The van der Waals surface area contributed by atoms with Crippen molar-refractivity contribution in [3.63, 3.8) is 0 Å². The van der Waals surface area contributed by atoms with Crippen LogP contribution in [0, 0.1) is 13.8 Å². The summed E-state index contributed by atoms with van der Waals surface area (Å²) < 4.78 is 0. The summed E-state index contributed by atoms with van der Waals surface area (Å²) in [6.45, 7) is 4.53. The van der Waals surface area contributed by atoms with Gasteiger partial charge in [0, 0.05) is 23.9 Å². The highest BCUT2D eigenvalue weighted by molar-refractivity contribution is 8.00. The molecule has 0 aromatic heterocycles. The maximum absolute atomic E-state index is 13.8. The Labute approximate surface area is 219 Å². The van der Waals surface area contributed by atoms with E-state index in [0.29, 0.717) is 13.0 Å². The number of hydrogen-bond acceptors (Lipinski definition) is 3. The fraction of sp³-hybridized carbons (Fsp3) is 0.355. The number of hydrogen-bond donors (Lipinski definition) is 1. The van der Waals surface area contributed by atoms with Gasteiger partial charge in [0.15, 0.2) is 0 Å². The normalized spacial score (nSPS) is 14.4. The van der Waals surface area contributed by atoms with Gasteiger partial charge in [-0.3, -0.25) is 9.59 Å². The van der Waals surface area contributed by atoms with Crippen LogP contribution in [0.3, 0.4) is 0 Å². The van der Waals surface area contributed by atoms with Gasteiger partial charge in [0.25, 0.3) is 0 Å². The lowest BCUT2D eigenvalue weighted by Crippen LogP contribution is -2.52. The zero-order valence-electron chi connectivity index (χ0n) is 21.3. The van der Waals surface area contributed by atoms with Gasteiger partial charge in [-0.15, -0.1) is 11.8 Å². The molecule has 36 heavy (non-hydrogen) atoms. The summed E-state index contributed by atoms with van der Waals surface area (Å²) in [5.41, 5.74) is 4.44. The highest BCUT2D eigenvalue weighted by atomic mass is 32.2. The van der Waals surface area contributed by atoms with Gasteiger partial charge in [-0.1, -0.05) is 85.1 Å². The Bertz CT molecular complexity index is 1140. The van der Waals surface area contributed by atoms with Crippen LogP contribution in [0.1, 0.15) is 47.9 Å². The molecule has 0 aliphatic heterocycles. The Balaban J connectivity index is 1.61. The van der Waals surface area contributed by atoms with Gasteiger partial charge >= 0.3 is 0 Å². The van der Waals surface area contributed by atoms with Gasteiger partial charge < -0.3 is 10.2 Å². The first-order valence-electron chi connectivity index (χ1n) is 12.9. The van der Waals surface area contributed by atoms with Gasteiger partial charge in [0.05, 0.1) is 5.75 Å². The van der Waals surface area contributed by atoms with Crippen LogP contribution in [-0.2, 0) is 22.6 Å². The second-order valence-corrected chi connectivity index (χ2v) is 10.8. The number of benzene rings is 3. The van der Waals surface area contributed by atoms with E-state index in [1.165, 1.54) is 17.3 Å². The summed E-state index contributed by atoms with van der Waals surface area (Å²) in [6.07, 6.45) is 4.81. The number of carbonyl (C=O) groups excluding carboxylic acids is 2. The maximum Gasteiger partial charge on any atom is 0.243 e. The smallest absolute Gasteiger partial charge is 0.243 e. The minimum atomic E-state index is -0.571. The molecule has 5 heteroatoms. The van der Waals surface area contributed by atoms with Crippen molar-refractivity contribution in [2.45, 2.75) is 69.5 Å². The number of nitrogens with zero attached hydrogens (tertiary/aromatic N) is 1. The lowest BCUT2D eigenvalue weighted by Gasteiger charge is -2.32. The van der Waals surface area contributed by atoms with Gasteiger partial charge in [-0.2, -0.15) is 0 Å². The first-order valence-corrected chi connectivity index (χ1v) is 13.9. The molecule has 1 unspecified atom stereocenters. The Hall–Kier alpha value is -3.05. The van der Waals surface area contributed by atoms with Gasteiger partial charge in [0.2, 0.25) is 11.8 Å². The quantitative estimate of drug-likeness (QED) is 0.343. The van der Waals surface area contributed by atoms with Gasteiger partial charge in [-0.05, 0) is 55.5 Å². The molecule has 4 nitrogen and oxygen atoms in total. The largest absolute Gasteiger partial charge is 0.352 e. The van der Waals surface area contributed by atoms with Crippen molar-refractivity contribution in [3.05, 3.63) is 101 Å². The summed E-state index contributed by atoms with van der Waals surface area (Å²) in [4.78, 5) is 30.4. The Morgan fingerprint density at radius 2 is 1.58 bits per heavy atom. The average molecular weight is 501 g/mol. The zero-order valence-corrected chi connectivity index (χ0v) is 22.1. The Kier molecular flexibility index (Phi) is 9.23. The third-order valence-corrected chi connectivity index (χ3v) is 7.95. The zero-order chi connectivity index (χ0) is 25.3. The first-order chi connectivity index (χ1) is 17.5. The molecule has 3 aromatic rings. The number of thioether (sulfide) groups is 1. The summed E-state index contributed by atoms with van der Waals surface area (Å²) in [5.74, 6) is 0.219. The molecule has 0 bridgehead atoms. The summed E-state index contributed by atoms with van der Waals surface area (Å²) in [7, 11) is 0. The predicted octanol–water partition coefficient (Wildman–Crippen LogP) is 6.09. The third kappa shape index (κ3) is 7.23. The van der Waals surface area contributed by atoms with Crippen molar-refractivity contribution >= 4 is 23.6 Å². The SMILES string of the molecule is Cc1ccc(SCC(=O)N(Cc2ccccc2C)C(Cc2ccccc2)C(=O)NC2CCCC2)cc1. The van der Waals surface area contributed by atoms with Crippen LogP contribution in [0.2, 0.25) is 0 Å². The van der Waals surface area contributed by atoms with Crippen LogP contribution < -0.4 is 5.32 Å². The van der Waals surface area contributed by atoms with Crippen molar-refractivity contribution in [1.29, 1.82) is 0 Å². The van der Waals surface area contributed by atoms with Crippen LogP contribution >= 0.6 is 11.8 Å². The van der Waals surface area contributed by atoms with Crippen molar-refractivity contribution in [2.75, 3.05) is 5.75 Å². The molecule has 1 N–H and O–H groups in total. The molecule has 3 aromatic carbocycles. The molecule has 1 fully saturated rings. The molecule has 188 valence electrons. The summed E-state index contributed by atoms with van der Waals surface area (Å²) in [5, 5.41) is 3.28. The van der Waals surface area contributed by atoms with Crippen molar-refractivity contribution in [2.24, 2.45) is 0 Å². The fourth-order valence-electron chi connectivity index (χ4n) is 4.75. The van der Waals surface area contributed by atoms with Crippen LogP contribution in [0.5, 0.6) is 0 Å². The van der Waals surface area contributed by atoms with Crippen LogP contribution in [0.4, 0.5) is 0 Å². The molecule has 1 saturated carbocycles. The topological polar surface area (TPSA) is 49.4 Å². The predicted molar refractivity (Wildman–Crippen MR) is 148 cm³/mol. The summed E-state index contributed by atoms with van der Waals surface area (Å²) >= 11 is 1.53.